The van der Waals surface area contributed by atoms with E-state index in [1.54, 1.807) is 19.1 Å². The molecule has 2 atom stereocenters. The normalized spacial score (nSPS) is 20.0. The molecule has 25 heavy (non-hydrogen) atoms. The number of nitrogens with zero attached hydrogens (tertiary/aromatic N) is 1. The van der Waals surface area contributed by atoms with Crippen LogP contribution in [-0.4, -0.2) is 48.4 Å². The molecule has 1 heterocycles. The summed E-state index contributed by atoms with van der Waals surface area (Å²) in [6.45, 7) is 4.57. The fraction of sp³-hybridized carbons (Fsp3) is 0.556. The summed E-state index contributed by atoms with van der Waals surface area (Å²) < 4.78 is 10.9. The number of amides is 1. The first-order valence-corrected chi connectivity index (χ1v) is 8.78. The van der Waals surface area contributed by atoms with Crippen molar-refractivity contribution in [2.24, 2.45) is 5.92 Å². The van der Waals surface area contributed by atoms with Gasteiger partial charge in [-0.25, -0.2) is 9.59 Å². The van der Waals surface area contributed by atoms with Crippen LogP contribution in [0.4, 0.5) is 4.79 Å². The molecule has 2 rings (SSSR count). The average molecular weight is 370 g/mol. The molecule has 1 amide bonds. The zero-order valence-corrected chi connectivity index (χ0v) is 15.3. The highest BCUT2D eigenvalue weighted by atomic mass is 35.5. The van der Waals surface area contributed by atoms with Crippen molar-refractivity contribution in [1.29, 1.82) is 0 Å². The van der Waals surface area contributed by atoms with Gasteiger partial charge in [0.15, 0.2) is 0 Å². The van der Waals surface area contributed by atoms with Gasteiger partial charge in [-0.1, -0.05) is 23.7 Å². The third kappa shape index (κ3) is 4.86. The molecule has 1 aliphatic rings. The van der Waals surface area contributed by atoms with Crippen LogP contribution in [0.2, 0.25) is 5.02 Å². The molecule has 0 saturated carbocycles. The van der Waals surface area contributed by atoms with E-state index in [1.165, 1.54) is 4.90 Å². The molecule has 1 aromatic rings. The van der Waals surface area contributed by atoms with Gasteiger partial charge in [-0.15, -0.1) is 0 Å². The van der Waals surface area contributed by atoms with E-state index >= 15 is 0 Å². The standard InChI is InChI=1S/C18H24ClNO5/c1-3-24-16(21)12-25-18(2,13-6-4-8-15(19)10-13)14-7-5-9-20(11-14)17(22)23/h4,6,8,10,14H,3,5,7,9,11-12H2,1-2H3,(H,22,23)/t14?,18-/m0/s1. The third-order valence-electron chi connectivity index (χ3n) is 4.66. The van der Waals surface area contributed by atoms with Crippen LogP contribution >= 0.6 is 11.6 Å². The van der Waals surface area contributed by atoms with Gasteiger partial charge in [0.25, 0.3) is 0 Å². The molecule has 1 aromatic carbocycles. The highest BCUT2D eigenvalue weighted by Gasteiger charge is 2.41. The molecule has 7 heteroatoms. The Morgan fingerprint density at radius 3 is 2.84 bits per heavy atom. The first-order chi connectivity index (χ1) is 11.9. The van der Waals surface area contributed by atoms with Crippen molar-refractivity contribution < 1.29 is 24.2 Å². The van der Waals surface area contributed by atoms with Crippen LogP contribution < -0.4 is 0 Å². The van der Waals surface area contributed by atoms with E-state index in [0.717, 1.165) is 18.4 Å². The maximum Gasteiger partial charge on any atom is 0.407 e. The van der Waals surface area contributed by atoms with E-state index in [0.29, 0.717) is 18.1 Å². The summed E-state index contributed by atoms with van der Waals surface area (Å²) in [7, 11) is 0. The second-order valence-electron chi connectivity index (χ2n) is 6.28. The van der Waals surface area contributed by atoms with Crippen molar-refractivity contribution in [2.75, 3.05) is 26.3 Å². The predicted octanol–water partition coefficient (Wildman–Crippen LogP) is 3.52. The second-order valence-corrected chi connectivity index (χ2v) is 6.72. The first-order valence-electron chi connectivity index (χ1n) is 8.40. The molecule has 1 unspecified atom stereocenters. The van der Waals surface area contributed by atoms with Gasteiger partial charge in [-0.3, -0.25) is 0 Å². The highest BCUT2D eigenvalue weighted by molar-refractivity contribution is 6.30. The molecule has 1 aliphatic heterocycles. The number of carbonyl (C=O) groups is 2. The Morgan fingerprint density at radius 2 is 2.20 bits per heavy atom. The quantitative estimate of drug-likeness (QED) is 0.776. The summed E-state index contributed by atoms with van der Waals surface area (Å²) in [5.74, 6) is -0.535. The van der Waals surface area contributed by atoms with Gasteiger partial charge < -0.3 is 19.5 Å². The van der Waals surface area contributed by atoms with Crippen LogP contribution in [0.1, 0.15) is 32.3 Å². The Hall–Kier alpha value is -1.79. The Bertz CT molecular complexity index is 623. The molecule has 6 nitrogen and oxygen atoms in total. The minimum atomic E-state index is -0.941. The van der Waals surface area contributed by atoms with E-state index in [4.69, 9.17) is 21.1 Å². The molecule has 1 saturated heterocycles. The van der Waals surface area contributed by atoms with Gasteiger partial charge in [0.1, 0.15) is 6.61 Å². The number of carboxylic acid groups (broad SMARTS) is 1. The monoisotopic (exact) mass is 369 g/mol. The summed E-state index contributed by atoms with van der Waals surface area (Å²) in [6.07, 6.45) is 0.606. The Labute approximate surface area is 152 Å². The number of esters is 1. The Balaban J connectivity index is 2.27. The van der Waals surface area contributed by atoms with Gasteiger partial charge in [0.2, 0.25) is 0 Å². The lowest BCUT2D eigenvalue weighted by Crippen LogP contribution is -2.48. The van der Waals surface area contributed by atoms with Crippen molar-refractivity contribution in [3.05, 3.63) is 34.9 Å². The summed E-state index contributed by atoms with van der Waals surface area (Å²) in [5.41, 5.74) is -0.0206. The lowest BCUT2D eigenvalue weighted by atomic mass is 9.78. The molecule has 0 aromatic heterocycles. The largest absolute Gasteiger partial charge is 0.465 e. The first kappa shape index (κ1) is 19.5. The molecule has 1 N–H and O–H groups in total. The zero-order chi connectivity index (χ0) is 18.4. The fourth-order valence-corrected chi connectivity index (χ4v) is 3.44. The molecule has 0 bridgehead atoms. The van der Waals surface area contributed by atoms with E-state index < -0.39 is 17.7 Å². The number of benzene rings is 1. The molecule has 0 radical (unpaired) electrons. The number of rotatable bonds is 6. The smallest absolute Gasteiger partial charge is 0.407 e. The van der Waals surface area contributed by atoms with Crippen molar-refractivity contribution >= 4 is 23.7 Å². The number of hydrogen-bond acceptors (Lipinski definition) is 4. The number of halogens is 1. The molecule has 1 fully saturated rings. The van der Waals surface area contributed by atoms with E-state index in [-0.39, 0.29) is 19.1 Å². The van der Waals surface area contributed by atoms with Crippen LogP contribution in [0.15, 0.2) is 24.3 Å². The number of piperidine rings is 1. The van der Waals surface area contributed by atoms with Crippen molar-refractivity contribution in [3.8, 4) is 0 Å². The maximum atomic E-state index is 11.8. The van der Waals surface area contributed by atoms with Crippen LogP contribution in [0.5, 0.6) is 0 Å². The van der Waals surface area contributed by atoms with Crippen LogP contribution in [0.3, 0.4) is 0 Å². The minimum absolute atomic E-state index is 0.0924. The lowest BCUT2D eigenvalue weighted by molar-refractivity contribution is -0.161. The summed E-state index contributed by atoms with van der Waals surface area (Å²) >= 11 is 6.13. The molecule has 0 spiro atoms. The SMILES string of the molecule is CCOC(=O)CO[C@@](C)(c1cccc(Cl)c1)C1CCCN(C(=O)O)C1. The minimum Gasteiger partial charge on any atom is -0.465 e. The van der Waals surface area contributed by atoms with Gasteiger partial charge in [-0.2, -0.15) is 0 Å². The van der Waals surface area contributed by atoms with Gasteiger partial charge in [0.05, 0.1) is 12.2 Å². The average Bonchev–Trinajstić information content (AvgIpc) is 2.60. The van der Waals surface area contributed by atoms with Crippen LogP contribution in [0.25, 0.3) is 0 Å². The highest BCUT2D eigenvalue weighted by Crippen LogP contribution is 2.39. The fourth-order valence-electron chi connectivity index (χ4n) is 3.25. The molecular formula is C18H24ClNO5. The third-order valence-corrected chi connectivity index (χ3v) is 4.90. The summed E-state index contributed by atoms with van der Waals surface area (Å²) in [5, 5.41) is 9.88. The second kappa shape index (κ2) is 8.54. The summed E-state index contributed by atoms with van der Waals surface area (Å²) in [4.78, 5) is 24.5. The van der Waals surface area contributed by atoms with Gasteiger partial charge >= 0.3 is 12.1 Å². The van der Waals surface area contributed by atoms with Crippen molar-refractivity contribution in [3.63, 3.8) is 0 Å². The van der Waals surface area contributed by atoms with Crippen LogP contribution in [-0.2, 0) is 19.9 Å². The lowest BCUT2D eigenvalue weighted by Gasteiger charge is -2.42. The van der Waals surface area contributed by atoms with E-state index in [1.807, 2.05) is 19.1 Å². The number of ether oxygens (including phenoxy) is 2. The maximum absolute atomic E-state index is 11.8. The molecule has 0 aliphatic carbocycles. The number of likely N-dealkylation sites (tertiary alicyclic amines) is 1. The zero-order valence-electron chi connectivity index (χ0n) is 14.5. The Morgan fingerprint density at radius 1 is 1.44 bits per heavy atom. The van der Waals surface area contributed by atoms with Gasteiger partial charge in [0, 0.05) is 24.0 Å². The molecular weight excluding hydrogens is 346 g/mol. The van der Waals surface area contributed by atoms with E-state index in [2.05, 4.69) is 0 Å². The topological polar surface area (TPSA) is 76.1 Å². The van der Waals surface area contributed by atoms with Crippen LogP contribution in [0, 0.1) is 5.92 Å². The van der Waals surface area contributed by atoms with Crippen molar-refractivity contribution in [2.45, 2.75) is 32.3 Å². The number of carbonyl (C=O) groups excluding carboxylic acids is 1. The Kier molecular flexibility index (Phi) is 6.67. The van der Waals surface area contributed by atoms with E-state index in [9.17, 15) is 14.7 Å². The number of hydrogen-bond donors (Lipinski definition) is 1. The van der Waals surface area contributed by atoms with Crippen molar-refractivity contribution in [1.82, 2.24) is 4.90 Å². The molecule has 138 valence electrons. The summed E-state index contributed by atoms with van der Waals surface area (Å²) in [6, 6.07) is 7.27. The van der Waals surface area contributed by atoms with Gasteiger partial charge in [-0.05, 0) is 44.4 Å². The predicted molar refractivity (Wildman–Crippen MR) is 93.7 cm³/mol.